The summed E-state index contributed by atoms with van der Waals surface area (Å²) < 4.78 is 49.6. The van der Waals surface area contributed by atoms with Gasteiger partial charge in [0, 0.05) is 24.5 Å². The van der Waals surface area contributed by atoms with Crippen molar-refractivity contribution in [1.29, 1.82) is 0 Å². The first-order valence-electron chi connectivity index (χ1n) is 13.1. The molecule has 1 saturated carbocycles. The average Bonchev–Trinajstić information content (AvgIpc) is 3.62. The number of sulfone groups is 1. The van der Waals surface area contributed by atoms with E-state index >= 15 is 0 Å². The zero-order valence-electron chi connectivity index (χ0n) is 22.3. The molecule has 2 aliphatic carbocycles. The monoisotopic (exact) mass is 588 g/mol. The summed E-state index contributed by atoms with van der Waals surface area (Å²) >= 11 is 0. The van der Waals surface area contributed by atoms with Gasteiger partial charge in [-0.3, -0.25) is 19.2 Å². The molecule has 1 aliphatic heterocycles. The van der Waals surface area contributed by atoms with E-state index in [1.807, 2.05) is 37.3 Å². The van der Waals surface area contributed by atoms with Crippen LogP contribution in [0.4, 0.5) is 10.5 Å². The van der Waals surface area contributed by atoms with Crippen LogP contribution >= 0.6 is 0 Å². The van der Waals surface area contributed by atoms with Crippen molar-refractivity contribution in [3.8, 4) is 0 Å². The van der Waals surface area contributed by atoms with Gasteiger partial charge in [-0.15, -0.1) is 0 Å². The summed E-state index contributed by atoms with van der Waals surface area (Å²) in [5.74, 6) is -0.431. The smallest absolute Gasteiger partial charge is 0.325 e. The molecular formula is C27H32N4O7S2. The lowest BCUT2D eigenvalue weighted by Gasteiger charge is -2.31. The number of carbonyl (C=O) groups is 3. The molecule has 2 aromatic rings. The second-order valence-electron chi connectivity index (χ2n) is 10.9. The Bertz CT molecular complexity index is 1570. The first kappa shape index (κ1) is 28.1. The van der Waals surface area contributed by atoms with E-state index in [2.05, 4.69) is 10.0 Å². The van der Waals surface area contributed by atoms with Gasteiger partial charge in [-0.05, 0) is 67.3 Å². The number of carbonyl (C=O) groups excluding carboxylic acids is 3. The van der Waals surface area contributed by atoms with E-state index in [0.29, 0.717) is 30.0 Å². The summed E-state index contributed by atoms with van der Waals surface area (Å²) in [6, 6.07) is 13.4. The molecule has 1 heterocycles. The van der Waals surface area contributed by atoms with Gasteiger partial charge in [0.25, 0.3) is 5.91 Å². The van der Waals surface area contributed by atoms with Crippen molar-refractivity contribution in [3.05, 3.63) is 65.2 Å². The molecular weight excluding hydrogens is 556 g/mol. The predicted octanol–water partition coefficient (Wildman–Crippen LogP) is 1.95. The molecule has 0 aromatic heterocycles. The van der Waals surface area contributed by atoms with E-state index in [9.17, 15) is 31.2 Å². The number of anilines is 1. The average molecular weight is 589 g/mol. The first-order chi connectivity index (χ1) is 18.8. The third-order valence-electron chi connectivity index (χ3n) is 7.76. The molecule has 11 nitrogen and oxygen atoms in total. The third kappa shape index (κ3) is 5.71. The van der Waals surface area contributed by atoms with Crippen molar-refractivity contribution in [3.63, 3.8) is 0 Å². The van der Waals surface area contributed by atoms with Crippen LogP contribution in [0.25, 0.3) is 0 Å². The number of rotatable bonds is 10. The van der Waals surface area contributed by atoms with Crippen molar-refractivity contribution in [2.24, 2.45) is 5.92 Å². The Morgan fingerprint density at radius 2 is 1.82 bits per heavy atom. The Balaban J connectivity index is 1.34. The van der Waals surface area contributed by atoms with Gasteiger partial charge in [0.15, 0.2) is 14.9 Å². The number of sulfonamides is 1. The van der Waals surface area contributed by atoms with E-state index < -0.39 is 42.4 Å². The minimum Gasteiger partial charge on any atom is -0.334 e. The van der Waals surface area contributed by atoms with Gasteiger partial charge in [0.2, 0.25) is 15.9 Å². The summed E-state index contributed by atoms with van der Waals surface area (Å²) in [4.78, 5) is 43.0. The molecule has 2 unspecified atom stereocenters. The molecule has 40 heavy (non-hydrogen) atoms. The normalized spacial score (nSPS) is 21.3. The summed E-state index contributed by atoms with van der Waals surface area (Å²) in [5.41, 5.74) is 0.954. The number of urea groups is 1. The minimum atomic E-state index is -4.14. The minimum absolute atomic E-state index is 0.0282. The van der Waals surface area contributed by atoms with E-state index in [4.69, 9.17) is 0 Å². The number of nitrogens with one attached hydrogen (secondary N) is 2. The summed E-state index contributed by atoms with van der Waals surface area (Å²) in [7, 11) is -7.92. The number of aryl methyl sites for hydroxylation is 1. The van der Waals surface area contributed by atoms with Gasteiger partial charge in [0.05, 0.1) is 0 Å². The SMILES string of the molecule is CC(C1CC1)N(Cc1ccccc1)C(=O)CN1C(=O)NC2(CCc3cc(NS(=O)(=O)CS(C)(=O)=O)ccc32)C1=O. The molecule has 5 rings (SSSR count). The van der Waals surface area contributed by atoms with Crippen LogP contribution in [-0.4, -0.2) is 68.4 Å². The molecule has 0 radical (unpaired) electrons. The number of amides is 4. The van der Waals surface area contributed by atoms with Gasteiger partial charge < -0.3 is 10.2 Å². The lowest BCUT2D eigenvalue weighted by molar-refractivity contribution is -0.141. The van der Waals surface area contributed by atoms with Crippen LogP contribution in [0.3, 0.4) is 0 Å². The highest BCUT2D eigenvalue weighted by Gasteiger charge is 2.56. The number of hydrogen-bond donors (Lipinski definition) is 2. The Hall–Kier alpha value is -3.45. The number of fused-ring (bicyclic) bond motifs is 2. The number of imide groups is 1. The van der Waals surface area contributed by atoms with E-state index in [1.165, 1.54) is 12.1 Å². The molecule has 0 bridgehead atoms. The van der Waals surface area contributed by atoms with Crippen LogP contribution in [0.1, 0.15) is 42.9 Å². The van der Waals surface area contributed by atoms with Crippen LogP contribution in [0.15, 0.2) is 48.5 Å². The Kier molecular flexibility index (Phi) is 7.15. The van der Waals surface area contributed by atoms with Crippen LogP contribution in [0.2, 0.25) is 0 Å². The molecule has 2 aromatic carbocycles. The van der Waals surface area contributed by atoms with Crippen LogP contribution < -0.4 is 10.0 Å². The largest absolute Gasteiger partial charge is 0.334 e. The summed E-state index contributed by atoms with van der Waals surface area (Å²) in [5, 5.41) is 1.73. The van der Waals surface area contributed by atoms with E-state index in [1.54, 1.807) is 11.0 Å². The second-order valence-corrected chi connectivity index (χ2v) is 15.2. The number of hydrogen-bond acceptors (Lipinski definition) is 7. The molecule has 1 saturated heterocycles. The van der Waals surface area contributed by atoms with Crippen molar-refractivity contribution in [2.45, 2.75) is 50.7 Å². The van der Waals surface area contributed by atoms with Gasteiger partial charge in [-0.2, -0.15) is 0 Å². The standard InChI is InChI=1S/C27H32N4O7S2/c1-18(20-8-9-20)30(15-19-6-4-3-5-7-19)24(32)16-31-25(33)27(28-26(31)34)13-12-21-14-22(10-11-23(21)27)29-40(37,38)17-39(2,35)36/h3-7,10-11,14,18,20,29H,8-9,12-13,15-17H2,1-2H3,(H,28,34). The summed E-state index contributed by atoms with van der Waals surface area (Å²) in [6.07, 6.45) is 3.54. The third-order valence-corrected chi connectivity index (χ3v) is 11.3. The molecule has 13 heteroatoms. The topological polar surface area (TPSA) is 150 Å². The molecule has 3 aliphatic rings. The fraction of sp³-hybridized carbons (Fsp3) is 0.444. The van der Waals surface area contributed by atoms with E-state index in [0.717, 1.165) is 29.6 Å². The van der Waals surface area contributed by atoms with Crippen molar-refractivity contribution in [1.82, 2.24) is 15.1 Å². The van der Waals surface area contributed by atoms with Gasteiger partial charge in [0.1, 0.15) is 12.1 Å². The second kappa shape index (κ2) is 10.2. The van der Waals surface area contributed by atoms with Crippen molar-refractivity contribution in [2.75, 3.05) is 22.6 Å². The van der Waals surface area contributed by atoms with Crippen LogP contribution in [0.5, 0.6) is 0 Å². The van der Waals surface area contributed by atoms with Crippen LogP contribution in [0, 0.1) is 5.92 Å². The maximum absolute atomic E-state index is 13.7. The molecule has 2 fully saturated rings. The fourth-order valence-corrected chi connectivity index (χ4v) is 8.62. The number of benzene rings is 2. The highest BCUT2D eigenvalue weighted by molar-refractivity contribution is 8.08. The Labute approximate surface area is 233 Å². The predicted molar refractivity (Wildman–Crippen MR) is 148 cm³/mol. The Morgan fingerprint density at radius 3 is 2.48 bits per heavy atom. The van der Waals surface area contributed by atoms with Crippen LogP contribution in [-0.2, 0) is 48.0 Å². The van der Waals surface area contributed by atoms with Crippen molar-refractivity contribution >= 4 is 43.4 Å². The maximum Gasteiger partial charge on any atom is 0.325 e. The zero-order valence-corrected chi connectivity index (χ0v) is 23.9. The van der Waals surface area contributed by atoms with Gasteiger partial charge >= 0.3 is 6.03 Å². The molecule has 4 amide bonds. The molecule has 2 atom stereocenters. The Morgan fingerprint density at radius 1 is 1.12 bits per heavy atom. The zero-order chi connectivity index (χ0) is 28.9. The van der Waals surface area contributed by atoms with Crippen molar-refractivity contribution < 1.29 is 31.2 Å². The molecule has 2 N–H and O–H groups in total. The molecule has 214 valence electrons. The highest BCUT2D eigenvalue weighted by Crippen LogP contribution is 2.42. The van der Waals surface area contributed by atoms with E-state index in [-0.39, 0.29) is 30.6 Å². The molecule has 1 spiro atoms. The van der Waals surface area contributed by atoms with Gasteiger partial charge in [-0.25, -0.2) is 21.6 Å². The number of nitrogens with zero attached hydrogens (tertiary/aromatic N) is 2. The lowest BCUT2D eigenvalue weighted by Crippen LogP contribution is -2.47. The van der Waals surface area contributed by atoms with Gasteiger partial charge in [-0.1, -0.05) is 36.4 Å². The fourth-order valence-electron chi connectivity index (χ4n) is 5.65. The quantitative estimate of drug-likeness (QED) is 0.403. The highest BCUT2D eigenvalue weighted by atomic mass is 32.3. The first-order valence-corrected chi connectivity index (χ1v) is 16.8. The summed E-state index contributed by atoms with van der Waals surface area (Å²) in [6.45, 7) is 2.00. The lowest BCUT2D eigenvalue weighted by atomic mass is 9.91. The maximum atomic E-state index is 13.7.